The summed E-state index contributed by atoms with van der Waals surface area (Å²) in [7, 11) is -4.37. The Kier molecular flexibility index (Phi) is 4.41. The van der Waals surface area contributed by atoms with Gasteiger partial charge in [-0.15, -0.1) is 0 Å². The van der Waals surface area contributed by atoms with Crippen molar-refractivity contribution in [1.82, 2.24) is 0 Å². The first-order valence-electron chi connectivity index (χ1n) is 3.17. The Hall–Kier alpha value is -0.0700. The molecule has 4 nitrogen and oxygen atoms in total. The first kappa shape index (κ1) is 12.9. The maximum absolute atomic E-state index is 11.1. The topological polar surface area (TPSA) is 77.4 Å². The maximum Gasteiger partial charge on any atom is 1.00 e. The Labute approximate surface area is 98.6 Å². The molecule has 0 saturated heterocycles. The van der Waals surface area contributed by atoms with Crippen molar-refractivity contribution < 1.29 is 47.6 Å². The molecule has 0 heterocycles. The third-order valence-electron chi connectivity index (χ3n) is 1.45. The molecule has 0 fully saturated rings. The van der Waals surface area contributed by atoms with Crippen LogP contribution in [0.2, 0.25) is 0 Å². The molecule has 66 valence electrons. The number of para-hydroxylation sites is 1. The van der Waals surface area contributed by atoms with E-state index < -0.39 is 20.8 Å². The van der Waals surface area contributed by atoms with Gasteiger partial charge in [-0.2, -0.15) is 8.42 Å². The summed E-state index contributed by atoms with van der Waals surface area (Å²) in [6.07, 6.45) is 0. The smallest absolute Gasteiger partial charge is 0.871 e. The van der Waals surface area contributed by atoms with Crippen LogP contribution in [0.5, 0.6) is 5.75 Å². The summed E-state index contributed by atoms with van der Waals surface area (Å²) in [4.78, 5) is -0.567. The fraction of sp³-hybridized carbons (Fsp3) is 0.143. The standard InChI is InChI=1S/C7H8O4S.Na/c1-5-3-2-4-6(7(5)8)12(9,10)11;/h2-4,8H,1H3,(H,9,10,11);/q;+1/p-1. The molecule has 1 rings (SSSR count). The quantitative estimate of drug-likeness (QED) is 0.405. The van der Waals surface area contributed by atoms with Gasteiger partial charge < -0.3 is 5.11 Å². The fourth-order valence-corrected chi connectivity index (χ4v) is 1.47. The van der Waals surface area contributed by atoms with Gasteiger partial charge in [0.2, 0.25) is 0 Å². The van der Waals surface area contributed by atoms with Gasteiger partial charge in [0.1, 0.15) is 0 Å². The summed E-state index contributed by atoms with van der Waals surface area (Å²) in [5.41, 5.74) is 0.296. The number of rotatable bonds is 1. The van der Waals surface area contributed by atoms with Gasteiger partial charge in [0.15, 0.2) is 0 Å². The van der Waals surface area contributed by atoms with Gasteiger partial charge >= 0.3 is 29.6 Å². The zero-order valence-electron chi connectivity index (χ0n) is 7.31. The second kappa shape index (κ2) is 4.43. The summed E-state index contributed by atoms with van der Waals surface area (Å²) >= 11 is 0. The number of hydrogen-bond donors (Lipinski definition) is 1. The summed E-state index contributed by atoms with van der Waals surface area (Å²) in [6, 6.07) is 3.96. The van der Waals surface area contributed by atoms with Gasteiger partial charge in [0, 0.05) is 0 Å². The van der Waals surface area contributed by atoms with Crippen molar-refractivity contribution in [3.8, 4) is 5.75 Å². The zero-order chi connectivity index (χ0) is 9.35. The molecule has 0 unspecified atom stereocenters. The molecular weight excluding hydrogens is 203 g/mol. The molecule has 0 aliphatic carbocycles. The third kappa shape index (κ3) is 2.96. The molecule has 0 aromatic heterocycles. The van der Waals surface area contributed by atoms with E-state index in [2.05, 4.69) is 0 Å². The number of hydrogen-bond acceptors (Lipinski definition) is 3. The Morgan fingerprint density at radius 3 is 2.31 bits per heavy atom. The van der Waals surface area contributed by atoms with E-state index in [1.54, 1.807) is 0 Å². The predicted octanol–water partition coefficient (Wildman–Crippen LogP) is -2.68. The van der Waals surface area contributed by atoms with Crippen LogP contribution in [0.1, 0.15) is 5.56 Å². The summed E-state index contributed by atoms with van der Waals surface area (Å²) in [5, 5.41) is 11.1. The van der Waals surface area contributed by atoms with Crippen LogP contribution < -0.4 is 34.7 Å². The van der Waals surface area contributed by atoms with Crippen molar-refractivity contribution >= 4 is 10.1 Å². The van der Waals surface area contributed by atoms with E-state index in [0.29, 0.717) is 5.56 Å². The molecular formula is C7H7NaO4S. The van der Waals surface area contributed by atoms with Crippen molar-refractivity contribution in [2.75, 3.05) is 0 Å². The molecule has 0 aliphatic rings. The molecule has 0 spiro atoms. The molecule has 0 amide bonds. The molecule has 1 aromatic carbocycles. The molecule has 13 heavy (non-hydrogen) atoms. The second-order valence-corrected chi connectivity index (χ2v) is 3.77. The minimum atomic E-state index is -4.37. The molecule has 0 bridgehead atoms. The Morgan fingerprint density at radius 2 is 1.92 bits per heavy atom. The summed E-state index contributed by atoms with van der Waals surface area (Å²) in [5.74, 6) is -0.653. The van der Waals surface area contributed by atoms with E-state index in [9.17, 15) is 13.5 Å². The summed E-state index contributed by atoms with van der Waals surface area (Å²) in [6.45, 7) is 1.48. The van der Waals surface area contributed by atoms with Crippen molar-refractivity contribution in [2.24, 2.45) is 0 Å². The molecule has 0 saturated carbocycles. The van der Waals surface area contributed by atoms with Gasteiger partial charge in [0.05, 0.1) is 4.90 Å². The third-order valence-corrected chi connectivity index (χ3v) is 2.33. The van der Waals surface area contributed by atoms with Crippen LogP contribution in [0.15, 0.2) is 23.1 Å². The van der Waals surface area contributed by atoms with Gasteiger partial charge in [-0.1, -0.05) is 23.4 Å². The molecule has 0 aliphatic heterocycles. The normalized spacial score (nSPS) is 10.6. The van der Waals surface area contributed by atoms with E-state index in [1.807, 2.05) is 0 Å². The molecule has 1 N–H and O–H groups in total. The van der Waals surface area contributed by atoms with Crippen LogP contribution in [0.25, 0.3) is 0 Å². The average molecular weight is 210 g/mol. The Morgan fingerprint density at radius 1 is 1.38 bits per heavy atom. The van der Waals surface area contributed by atoms with Gasteiger partial charge in [-0.05, 0) is 13.0 Å². The number of aryl methyl sites for hydroxylation is 1. The van der Waals surface area contributed by atoms with E-state index in [1.165, 1.54) is 19.1 Å². The van der Waals surface area contributed by atoms with Crippen LogP contribution in [0, 0.1) is 6.92 Å². The second-order valence-electron chi connectivity index (χ2n) is 2.38. The average Bonchev–Trinajstić information content (AvgIpc) is 1.92. The molecule has 0 radical (unpaired) electrons. The fourth-order valence-electron chi connectivity index (χ4n) is 0.829. The molecule has 1 aromatic rings. The van der Waals surface area contributed by atoms with Crippen molar-refractivity contribution in [2.45, 2.75) is 11.8 Å². The monoisotopic (exact) mass is 210 g/mol. The minimum absolute atomic E-state index is 0. The van der Waals surface area contributed by atoms with Crippen LogP contribution in [0.4, 0.5) is 0 Å². The van der Waals surface area contributed by atoms with Crippen LogP contribution in [-0.4, -0.2) is 13.0 Å². The Balaban J connectivity index is 0.00000144. The van der Waals surface area contributed by atoms with Crippen LogP contribution in [0.3, 0.4) is 0 Å². The SMILES string of the molecule is Cc1cccc(S(=O)(=O)O)c1[O-].[Na+]. The van der Waals surface area contributed by atoms with E-state index in [4.69, 9.17) is 4.55 Å². The van der Waals surface area contributed by atoms with E-state index in [0.717, 1.165) is 6.07 Å². The molecule has 6 heteroatoms. The maximum atomic E-state index is 11.1. The van der Waals surface area contributed by atoms with E-state index >= 15 is 0 Å². The van der Waals surface area contributed by atoms with Crippen molar-refractivity contribution in [3.05, 3.63) is 23.8 Å². The largest absolute Gasteiger partial charge is 1.00 e. The minimum Gasteiger partial charge on any atom is -0.871 e. The van der Waals surface area contributed by atoms with Crippen LogP contribution in [-0.2, 0) is 10.1 Å². The van der Waals surface area contributed by atoms with Gasteiger partial charge in [0.25, 0.3) is 10.1 Å². The summed E-state index contributed by atoms with van der Waals surface area (Å²) < 4.78 is 29.7. The van der Waals surface area contributed by atoms with Crippen LogP contribution >= 0.6 is 0 Å². The van der Waals surface area contributed by atoms with E-state index in [-0.39, 0.29) is 29.6 Å². The number of benzene rings is 1. The van der Waals surface area contributed by atoms with Crippen molar-refractivity contribution in [3.63, 3.8) is 0 Å². The van der Waals surface area contributed by atoms with Gasteiger partial charge in [-0.3, -0.25) is 4.55 Å². The Bertz CT molecular complexity index is 399. The van der Waals surface area contributed by atoms with Gasteiger partial charge in [-0.25, -0.2) is 0 Å². The first-order chi connectivity index (χ1) is 5.43. The zero-order valence-corrected chi connectivity index (χ0v) is 10.1. The molecule has 0 atom stereocenters. The van der Waals surface area contributed by atoms with Crippen molar-refractivity contribution in [1.29, 1.82) is 0 Å². The first-order valence-corrected chi connectivity index (χ1v) is 4.61. The predicted molar refractivity (Wildman–Crippen MR) is 40.4 cm³/mol.